The quantitative estimate of drug-likeness (QED) is 0.812. The van der Waals surface area contributed by atoms with E-state index in [0.29, 0.717) is 5.56 Å². The van der Waals surface area contributed by atoms with E-state index in [1.54, 1.807) is 4.68 Å². The minimum absolute atomic E-state index is 0.00325. The topological polar surface area (TPSA) is 54.4 Å². The predicted octanol–water partition coefficient (Wildman–Crippen LogP) is 1.07. The largest absolute Gasteiger partial charge is 0.361 e. The fourth-order valence-electron chi connectivity index (χ4n) is 3.05. The van der Waals surface area contributed by atoms with E-state index in [4.69, 9.17) is 0 Å². The molecule has 1 aliphatic rings. The van der Waals surface area contributed by atoms with Crippen molar-refractivity contribution in [1.82, 2.24) is 20.2 Å². The second kappa shape index (κ2) is 6.14. The smallest absolute Gasteiger partial charge is 0.305 e. The van der Waals surface area contributed by atoms with Crippen LogP contribution < -0.4 is 5.43 Å². The van der Waals surface area contributed by atoms with Crippen molar-refractivity contribution in [2.75, 3.05) is 40.8 Å². The molecule has 1 atom stereocenters. The number of aromatic nitrogens is 1. The van der Waals surface area contributed by atoms with E-state index < -0.39 is 0 Å². The normalized spacial score (nSPS) is 17.9. The van der Waals surface area contributed by atoms with Crippen molar-refractivity contribution in [3.63, 3.8) is 0 Å². The number of amides is 1. The summed E-state index contributed by atoms with van der Waals surface area (Å²) in [4.78, 5) is 20.1. The van der Waals surface area contributed by atoms with E-state index in [2.05, 4.69) is 48.1 Å². The Labute approximate surface area is 136 Å². The third kappa shape index (κ3) is 3.00. The minimum Gasteiger partial charge on any atom is -0.361 e. The van der Waals surface area contributed by atoms with Crippen LogP contribution in [0, 0.1) is 0 Å². The highest BCUT2D eigenvalue weighted by molar-refractivity contribution is 6.07. The second-order valence-corrected chi connectivity index (χ2v) is 6.46. The molecular formula is C17H24N5O+. The van der Waals surface area contributed by atoms with Gasteiger partial charge in [0.25, 0.3) is 0 Å². The summed E-state index contributed by atoms with van der Waals surface area (Å²) in [5, 5.41) is 1.00. The maximum absolute atomic E-state index is 12.4. The monoisotopic (exact) mass is 314 g/mol. The van der Waals surface area contributed by atoms with Crippen molar-refractivity contribution in [2.45, 2.75) is 6.04 Å². The third-order valence-corrected chi connectivity index (χ3v) is 4.37. The van der Waals surface area contributed by atoms with E-state index in [1.807, 2.05) is 24.4 Å². The van der Waals surface area contributed by atoms with E-state index in [9.17, 15) is 4.79 Å². The molecule has 0 radical (unpaired) electrons. The van der Waals surface area contributed by atoms with Crippen LogP contribution in [-0.2, 0) is 0 Å². The number of hydrazone groups is 1. The molecule has 0 spiro atoms. The van der Waals surface area contributed by atoms with Crippen molar-refractivity contribution < 1.29 is 9.48 Å². The number of H-pyrrole nitrogens is 1. The number of nitrogens with one attached hydrogen (secondary N) is 2. The van der Waals surface area contributed by atoms with Crippen LogP contribution in [0.15, 0.2) is 24.4 Å². The fraction of sp³-hybridized carbons (Fsp3) is 0.412. The molecule has 6 nitrogen and oxygen atoms in total. The van der Waals surface area contributed by atoms with Crippen LogP contribution in [0.2, 0.25) is 0 Å². The molecule has 0 aliphatic carbocycles. The van der Waals surface area contributed by atoms with Gasteiger partial charge in [-0.05, 0) is 33.3 Å². The van der Waals surface area contributed by atoms with Gasteiger partial charge in [-0.3, -0.25) is 9.69 Å². The number of hydrogen-bond acceptors (Lipinski definition) is 3. The van der Waals surface area contributed by atoms with E-state index >= 15 is 0 Å². The first-order valence-electron chi connectivity index (χ1n) is 7.81. The zero-order valence-corrected chi connectivity index (χ0v) is 14.0. The van der Waals surface area contributed by atoms with E-state index in [0.717, 1.165) is 36.1 Å². The van der Waals surface area contributed by atoms with Gasteiger partial charge in [0.2, 0.25) is 6.04 Å². The van der Waals surface area contributed by atoms with Crippen molar-refractivity contribution >= 4 is 23.5 Å². The molecule has 1 amide bonds. The van der Waals surface area contributed by atoms with Gasteiger partial charge in [0.15, 0.2) is 6.72 Å². The Hall–Kier alpha value is -2.18. The molecule has 1 aliphatic heterocycles. The van der Waals surface area contributed by atoms with Gasteiger partial charge in [0.1, 0.15) is 0 Å². The van der Waals surface area contributed by atoms with Gasteiger partial charge in [-0.15, -0.1) is 10.1 Å². The molecule has 2 N–H and O–H groups in total. The fourth-order valence-corrected chi connectivity index (χ4v) is 3.05. The molecule has 0 saturated carbocycles. The van der Waals surface area contributed by atoms with Gasteiger partial charge < -0.3 is 9.88 Å². The Kier molecular flexibility index (Phi) is 4.19. The average Bonchev–Trinajstić information content (AvgIpc) is 2.90. The predicted molar refractivity (Wildman–Crippen MR) is 91.9 cm³/mol. The maximum atomic E-state index is 12.4. The number of hydrazine groups is 1. The van der Waals surface area contributed by atoms with Crippen molar-refractivity contribution in [3.8, 4) is 0 Å². The summed E-state index contributed by atoms with van der Waals surface area (Å²) in [5.41, 5.74) is 5.69. The molecule has 1 aromatic carbocycles. The Bertz CT molecular complexity index is 749. The van der Waals surface area contributed by atoms with E-state index in [-0.39, 0.29) is 11.9 Å². The van der Waals surface area contributed by atoms with Crippen LogP contribution in [0.1, 0.15) is 22.0 Å². The van der Waals surface area contributed by atoms with Crippen LogP contribution in [0.5, 0.6) is 0 Å². The molecule has 2 aromatic rings. The highest BCUT2D eigenvalue weighted by Gasteiger charge is 2.33. The molecule has 3 rings (SSSR count). The Morgan fingerprint density at radius 1 is 1.26 bits per heavy atom. The third-order valence-electron chi connectivity index (χ3n) is 4.37. The molecule has 6 heteroatoms. The van der Waals surface area contributed by atoms with Crippen molar-refractivity contribution in [3.05, 3.63) is 35.5 Å². The molecule has 122 valence electrons. The molecule has 1 unspecified atom stereocenters. The second-order valence-electron chi connectivity index (χ2n) is 6.46. The average molecular weight is 314 g/mol. The highest BCUT2D eigenvalue weighted by atomic mass is 16.2. The highest BCUT2D eigenvalue weighted by Crippen LogP contribution is 2.31. The lowest BCUT2D eigenvalue weighted by Crippen LogP contribution is -2.40. The van der Waals surface area contributed by atoms with Crippen LogP contribution >= 0.6 is 0 Å². The lowest BCUT2D eigenvalue weighted by atomic mass is 10.0. The first-order valence-corrected chi connectivity index (χ1v) is 7.81. The first-order chi connectivity index (χ1) is 11.0. The van der Waals surface area contributed by atoms with Gasteiger partial charge in [-0.1, -0.05) is 6.07 Å². The number of hydrogen-bond donors (Lipinski definition) is 2. The number of aromatic amines is 1. The first kappa shape index (κ1) is 15.7. The summed E-state index contributed by atoms with van der Waals surface area (Å²) >= 11 is 0. The van der Waals surface area contributed by atoms with Crippen LogP contribution in [0.3, 0.4) is 0 Å². The SMILES string of the molecule is C=[N+]1NC(=O)c2cccc3[nH]cc(c23)C1CN(C)CCN(C)C. The van der Waals surface area contributed by atoms with Gasteiger partial charge in [0, 0.05) is 35.8 Å². The van der Waals surface area contributed by atoms with Crippen LogP contribution in [-0.4, -0.2) is 72.9 Å². The maximum Gasteiger partial charge on any atom is 0.305 e. The minimum atomic E-state index is -0.107. The Morgan fingerprint density at radius 3 is 2.78 bits per heavy atom. The number of likely N-dealkylation sites (N-methyl/N-ethyl adjacent to an activating group) is 2. The Balaban J connectivity index is 1.94. The van der Waals surface area contributed by atoms with Crippen molar-refractivity contribution in [1.29, 1.82) is 0 Å². The van der Waals surface area contributed by atoms with Gasteiger partial charge in [0.05, 0.1) is 12.1 Å². The molecule has 0 bridgehead atoms. The molecule has 0 saturated heterocycles. The summed E-state index contributed by atoms with van der Waals surface area (Å²) in [5.74, 6) is -0.107. The van der Waals surface area contributed by atoms with E-state index in [1.165, 1.54) is 0 Å². The van der Waals surface area contributed by atoms with Gasteiger partial charge >= 0.3 is 5.91 Å². The lowest BCUT2D eigenvalue weighted by molar-refractivity contribution is -0.606. The summed E-state index contributed by atoms with van der Waals surface area (Å²) in [6, 6.07) is 5.76. The number of benzene rings is 1. The molecule has 0 fully saturated rings. The molecule has 2 heterocycles. The number of rotatable bonds is 5. The van der Waals surface area contributed by atoms with Gasteiger partial charge in [-0.2, -0.15) is 0 Å². The van der Waals surface area contributed by atoms with Gasteiger partial charge in [-0.25, -0.2) is 0 Å². The lowest BCUT2D eigenvalue weighted by Gasteiger charge is -2.22. The van der Waals surface area contributed by atoms with Crippen molar-refractivity contribution in [2.24, 2.45) is 0 Å². The van der Waals surface area contributed by atoms with Crippen LogP contribution in [0.25, 0.3) is 10.9 Å². The number of carbonyl (C=O) groups is 1. The molecular weight excluding hydrogens is 290 g/mol. The summed E-state index contributed by atoms with van der Waals surface area (Å²) < 4.78 is 1.68. The Morgan fingerprint density at radius 2 is 2.04 bits per heavy atom. The molecule has 1 aromatic heterocycles. The standard InChI is InChI=1S/C17H23N5O/c1-20(2)8-9-21(3)11-15-13-10-18-14-7-5-6-12(16(13)14)17(23)19-22(15)4/h5-7,10,15H,4,8-9,11H2,1-3H3,(H-,18,19,23)/p+1. The summed E-state index contributed by atoms with van der Waals surface area (Å²) in [6.07, 6.45) is 2.00. The molecule has 23 heavy (non-hydrogen) atoms. The summed E-state index contributed by atoms with van der Waals surface area (Å²) in [7, 11) is 6.23. The summed E-state index contributed by atoms with van der Waals surface area (Å²) in [6.45, 7) is 6.78. The number of nitrogens with zero attached hydrogens (tertiary/aromatic N) is 3. The number of carbonyl (C=O) groups excluding carboxylic acids is 1. The zero-order valence-electron chi connectivity index (χ0n) is 14.0. The zero-order chi connectivity index (χ0) is 16.6. The van der Waals surface area contributed by atoms with Crippen LogP contribution in [0.4, 0.5) is 0 Å².